The van der Waals surface area contributed by atoms with Gasteiger partial charge >= 0.3 is 11.8 Å². The number of nitro groups is 1. The predicted octanol–water partition coefficient (Wildman–Crippen LogP) is 2.18. The lowest BCUT2D eigenvalue weighted by atomic mass is 10.1. The van der Waals surface area contributed by atoms with Gasteiger partial charge in [0.05, 0.1) is 24.1 Å². The number of pyridine rings is 1. The standard InChI is InChI=1S/C15H19N3O5/c1-10-11(9-17-13(22-5)12(10)18(20)21)7-6-8-16-14(19)23-15(2,3)4/h9H,8H2,1-5H3,(H,16,19). The summed E-state index contributed by atoms with van der Waals surface area (Å²) in [6.45, 7) is 6.87. The molecule has 0 atom stereocenters. The number of carbonyl (C=O) groups excluding carboxylic acids is 1. The first-order valence-corrected chi connectivity index (χ1v) is 6.79. The maximum absolute atomic E-state index is 11.4. The fourth-order valence-corrected chi connectivity index (χ4v) is 1.63. The van der Waals surface area contributed by atoms with E-state index in [1.807, 2.05) is 0 Å². The van der Waals surface area contributed by atoms with Crippen molar-refractivity contribution in [1.29, 1.82) is 0 Å². The minimum absolute atomic E-state index is 0.0498. The summed E-state index contributed by atoms with van der Waals surface area (Å²) in [5.74, 6) is 5.37. The van der Waals surface area contributed by atoms with Gasteiger partial charge in [-0.2, -0.15) is 0 Å². The van der Waals surface area contributed by atoms with Crippen LogP contribution in [0.3, 0.4) is 0 Å². The van der Waals surface area contributed by atoms with Crippen LogP contribution < -0.4 is 10.1 Å². The molecular weight excluding hydrogens is 302 g/mol. The maximum Gasteiger partial charge on any atom is 0.408 e. The first-order chi connectivity index (χ1) is 10.7. The molecule has 0 bridgehead atoms. The minimum Gasteiger partial charge on any atom is -0.476 e. The number of ether oxygens (including phenoxy) is 2. The van der Waals surface area contributed by atoms with Gasteiger partial charge in [0.1, 0.15) is 5.60 Å². The lowest BCUT2D eigenvalue weighted by molar-refractivity contribution is -0.386. The van der Waals surface area contributed by atoms with Gasteiger partial charge < -0.3 is 14.8 Å². The quantitative estimate of drug-likeness (QED) is 0.520. The third-order valence-corrected chi connectivity index (χ3v) is 2.59. The van der Waals surface area contributed by atoms with E-state index in [0.29, 0.717) is 11.1 Å². The second-order valence-corrected chi connectivity index (χ2v) is 5.57. The normalized spacial score (nSPS) is 10.3. The Morgan fingerprint density at radius 2 is 2.13 bits per heavy atom. The molecule has 0 aliphatic carbocycles. The van der Waals surface area contributed by atoms with Crippen molar-refractivity contribution in [3.8, 4) is 17.7 Å². The van der Waals surface area contributed by atoms with Gasteiger partial charge in [0.2, 0.25) is 0 Å². The van der Waals surface area contributed by atoms with Gasteiger partial charge in [-0.15, -0.1) is 0 Å². The Labute approximate surface area is 134 Å². The third kappa shape index (κ3) is 5.47. The van der Waals surface area contributed by atoms with Gasteiger partial charge in [-0.25, -0.2) is 9.78 Å². The fraction of sp³-hybridized carbons (Fsp3) is 0.467. The molecule has 0 aromatic carbocycles. The maximum atomic E-state index is 11.4. The average Bonchev–Trinajstić information content (AvgIpc) is 2.42. The first-order valence-electron chi connectivity index (χ1n) is 6.79. The number of hydrogen-bond acceptors (Lipinski definition) is 6. The van der Waals surface area contributed by atoms with Crippen molar-refractivity contribution in [2.24, 2.45) is 0 Å². The molecule has 1 heterocycles. The highest BCUT2D eigenvalue weighted by atomic mass is 16.6. The van der Waals surface area contributed by atoms with E-state index in [2.05, 4.69) is 22.1 Å². The number of nitrogens with one attached hydrogen (secondary N) is 1. The van der Waals surface area contributed by atoms with Crippen molar-refractivity contribution in [2.75, 3.05) is 13.7 Å². The molecule has 23 heavy (non-hydrogen) atoms. The summed E-state index contributed by atoms with van der Waals surface area (Å²) in [5, 5.41) is 13.5. The highest BCUT2D eigenvalue weighted by molar-refractivity contribution is 5.68. The van der Waals surface area contributed by atoms with Crippen LogP contribution in [-0.4, -0.2) is 35.3 Å². The molecule has 1 amide bonds. The summed E-state index contributed by atoms with van der Waals surface area (Å²) in [7, 11) is 1.31. The fourth-order valence-electron chi connectivity index (χ4n) is 1.63. The third-order valence-electron chi connectivity index (χ3n) is 2.59. The molecule has 0 saturated heterocycles. The Morgan fingerprint density at radius 1 is 1.48 bits per heavy atom. The van der Waals surface area contributed by atoms with Crippen LogP contribution in [-0.2, 0) is 4.74 Å². The van der Waals surface area contributed by atoms with E-state index in [1.165, 1.54) is 13.3 Å². The van der Waals surface area contributed by atoms with Crippen molar-refractivity contribution in [2.45, 2.75) is 33.3 Å². The zero-order chi connectivity index (χ0) is 17.6. The van der Waals surface area contributed by atoms with Crippen molar-refractivity contribution < 1.29 is 19.2 Å². The zero-order valence-electron chi connectivity index (χ0n) is 13.7. The summed E-state index contributed by atoms with van der Waals surface area (Å²) in [4.78, 5) is 25.8. The second-order valence-electron chi connectivity index (χ2n) is 5.57. The summed E-state index contributed by atoms with van der Waals surface area (Å²) in [5.41, 5.74) is -0.0660. The molecule has 0 radical (unpaired) electrons. The van der Waals surface area contributed by atoms with Crippen LogP contribution in [0.5, 0.6) is 5.88 Å². The number of amides is 1. The van der Waals surface area contributed by atoms with E-state index >= 15 is 0 Å². The number of methoxy groups -OCH3 is 1. The highest BCUT2D eigenvalue weighted by Crippen LogP contribution is 2.29. The van der Waals surface area contributed by atoms with E-state index < -0.39 is 16.6 Å². The number of hydrogen-bond donors (Lipinski definition) is 1. The number of aromatic nitrogens is 1. The summed E-state index contributed by atoms with van der Waals surface area (Å²) in [6.07, 6.45) is 0.809. The van der Waals surface area contributed by atoms with E-state index in [9.17, 15) is 14.9 Å². The van der Waals surface area contributed by atoms with Crippen molar-refractivity contribution in [1.82, 2.24) is 10.3 Å². The SMILES string of the molecule is COc1ncc(C#CCNC(=O)OC(C)(C)C)c(C)c1[N+](=O)[O-]. The van der Waals surface area contributed by atoms with Gasteiger partial charge in [-0.3, -0.25) is 10.1 Å². The van der Waals surface area contributed by atoms with Crippen LogP contribution >= 0.6 is 0 Å². The van der Waals surface area contributed by atoms with Gasteiger partial charge in [-0.05, 0) is 27.7 Å². The molecular formula is C15H19N3O5. The van der Waals surface area contributed by atoms with E-state index in [4.69, 9.17) is 9.47 Å². The number of rotatable bonds is 3. The van der Waals surface area contributed by atoms with Crippen LogP contribution in [0.2, 0.25) is 0 Å². The molecule has 8 heteroatoms. The van der Waals surface area contributed by atoms with Crippen LogP contribution in [0.15, 0.2) is 6.20 Å². The zero-order valence-corrected chi connectivity index (χ0v) is 13.7. The largest absolute Gasteiger partial charge is 0.476 e. The van der Waals surface area contributed by atoms with Crippen LogP contribution in [0.1, 0.15) is 31.9 Å². The topological polar surface area (TPSA) is 104 Å². The Bertz CT molecular complexity index is 668. The summed E-state index contributed by atoms with van der Waals surface area (Å²) >= 11 is 0. The van der Waals surface area contributed by atoms with Crippen molar-refractivity contribution in [3.05, 3.63) is 27.4 Å². The summed E-state index contributed by atoms with van der Waals surface area (Å²) in [6, 6.07) is 0. The molecule has 0 aliphatic rings. The number of alkyl carbamates (subject to hydrolysis) is 1. The Hall–Kier alpha value is -2.82. The Balaban J connectivity index is 2.82. The number of carbonyl (C=O) groups is 1. The van der Waals surface area contributed by atoms with E-state index in [-0.39, 0.29) is 18.1 Å². The molecule has 1 aromatic heterocycles. The van der Waals surface area contributed by atoms with Gasteiger partial charge in [0.15, 0.2) is 0 Å². The lowest BCUT2D eigenvalue weighted by Gasteiger charge is -2.19. The van der Waals surface area contributed by atoms with Gasteiger partial charge in [0.25, 0.3) is 5.88 Å². The van der Waals surface area contributed by atoms with Gasteiger partial charge in [-0.1, -0.05) is 11.8 Å². The molecule has 1 N–H and O–H groups in total. The minimum atomic E-state index is -0.589. The molecule has 0 aliphatic heterocycles. The highest BCUT2D eigenvalue weighted by Gasteiger charge is 2.22. The smallest absolute Gasteiger partial charge is 0.408 e. The summed E-state index contributed by atoms with van der Waals surface area (Å²) < 4.78 is 9.93. The molecule has 0 fully saturated rings. The second kappa shape index (κ2) is 7.45. The van der Waals surface area contributed by atoms with Crippen LogP contribution in [0.25, 0.3) is 0 Å². The monoisotopic (exact) mass is 321 g/mol. The van der Waals surface area contributed by atoms with Crippen molar-refractivity contribution >= 4 is 11.8 Å². The Kier molecular flexibility index (Phi) is 5.90. The van der Waals surface area contributed by atoms with E-state index in [0.717, 1.165) is 0 Å². The van der Waals surface area contributed by atoms with Gasteiger partial charge in [0, 0.05) is 11.8 Å². The molecule has 124 valence electrons. The lowest BCUT2D eigenvalue weighted by Crippen LogP contribution is -2.32. The predicted molar refractivity (Wildman–Crippen MR) is 83.3 cm³/mol. The molecule has 0 spiro atoms. The first kappa shape index (κ1) is 18.2. The van der Waals surface area contributed by atoms with Crippen LogP contribution in [0, 0.1) is 28.9 Å². The molecule has 0 saturated carbocycles. The average molecular weight is 321 g/mol. The van der Waals surface area contributed by atoms with Crippen molar-refractivity contribution in [3.63, 3.8) is 0 Å². The van der Waals surface area contributed by atoms with Crippen LogP contribution in [0.4, 0.5) is 10.5 Å². The van der Waals surface area contributed by atoms with E-state index in [1.54, 1.807) is 27.7 Å². The Morgan fingerprint density at radius 3 is 2.65 bits per heavy atom. The molecule has 0 unspecified atom stereocenters. The molecule has 1 aromatic rings. The number of nitrogens with zero attached hydrogens (tertiary/aromatic N) is 2. The molecule has 8 nitrogen and oxygen atoms in total. The molecule has 1 rings (SSSR count).